The number of rotatable bonds is 7. The van der Waals surface area contributed by atoms with Crippen molar-refractivity contribution in [3.63, 3.8) is 0 Å². The van der Waals surface area contributed by atoms with Crippen LogP contribution in [0.15, 0.2) is 0 Å². The van der Waals surface area contributed by atoms with Crippen molar-refractivity contribution in [2.75, 3.05) is 0 Å². The molecule has 88 valence electrons. The molecule has 0 rings (SSSR count). The van der Waals surface area contributed by atoms with E-state index in [2.05, 4.69) is 0 Å². The molecule has 0 heterocycles. The molecule has 0 fully saturated rings. The van der Waals surface area contributed by atoms with Gasteiger partial charge in [0.15, 0.2) is 0 Å². The van der Waals surface area contributed by atoms with E-state index in [9.17, 15) is 14.7 Å². The maximum absolute atomic E-state index is 11.6. The Morgan fingerprint density at radius 1 is 1.33 bits per heavy atom. The Bertz CT molecular complexity index is 213. The van der Waals surface area contributed by atoms with Gasteiger partial charge in [-0.1, -0.05) is 20.8 Å². The van der Waals surface area contributed by atoms with Crippen LogP contribution in [0.1, 0.15) is 40.5 Å². The first-order valence-electron chi connectivity index (χ1n) is 5.61. The summed E-state index contributed by atoms with van der Waals surface area (Å²) in [5.41, 5.74) is 0. The normalized spacial score (nSPS) is 19.0. The second kappa shape index (κ2) is 6.72. The number of aldehydes is 1. The molecule has 0 aliphatic carbocycles. The maximum Gasteiger partial charge on any atom is 0.145 e. The summed E-state index contributed by atoms with van der Waals surface area (Å²) in [4.78, 5) is 22.1. The molecule has 0 aliphatic rings. The summed E-state index contributed by atoms with van der Waals surface area (Å²) in [6.07, 6.45) is 1.67. The van der Waals surface area contributed by atoms with Crippen LogP contribution in [-0.4, -0.2) is 23.3 Å². The first kappa shape index (κ1) is 14.3. The van der Waals surface area contributed by atoms with E-state index in [1.165, 1.54) is 0 Å². The molecule has 0 aromatic rings. The van der Waals surface area contributed by atoms with Crippen LogP contribution in [0.2, 0.25) is 0 Å². The van der Waals surface area contributed by atoms with Gasteiger partial charge in [0.1, 0.15) is 12.1 Å². The fourth-order valence-corrected chi connectivity index (χ4v) is 1.75. The number of hydrogen-bond donors (Lipinski definition) is 1. The Kier molecular flexibility index (Phi) is 6.41. The number of carbonyl (C=O) groups excluding carboxylic acids is 2. The predicted octanol–water partition coefficient (Wildman–Crippen LogP) is 1.82. The summed E-state index contributed by atoms with van der Waals surface area (Å²) in [6.45, 7) is 7.29. The molecular weight excluding hydrogens is 192 g/mol. The summed E-state index contributed by atoms with van der Waals surface area (Å²) in [7, 11) is 0. The molecule has 0 radical (unpaired) electrons. The lowest BCUT2D eigenvalue weighted by Crippen LogP contribution is -2.26. The van der Waals surface area contributed by atoms with Crippen LogP contribution in [0.3, 0.4) is 0 Å². The van der Waals surface area contributed by atoms with Gasteiger partial charge in [-0.2, -0.15) is 0 Å². The second-order valence-corrected chi connectivity index (χ2v) is 4.42. The third-order valence-electron chi connectivity index (χ3n) is 2.94. The van der Waals surface area contributed by atoms with Crippen molar-refractivity contribution >= 4 is 12.1 Å². The van der Waals surface area contributed by atoms with Crippen molar-refractivity contribution in [2.45, 2.75) is 46.6 Å². The molecule has 1 N–H and O–H groups in total. The highest BCUT2D eigenvalue weighted by atomic mass is 16.3. The Labute approximate surface area is 91.9 Å². The van der Waals surface area contributed by atoms with Gasteiger partial charge in [0.2, 0.25) is 0 Å². The van der Waals surface area contributed by atoms with Crippen LogP contribution in [-0.2, 0) is 9.59 Å². The van der Waals surface area contributed by atoms with E-state index in [1.54, 1.807) is 6.92 Å². The first-order valence-corrected chi connectivity index (χ1v) is 5.61. The van der Waals surface area contributed by atoms with Gasteiger partial charge in [-0.3, -0.25) is 4.79 Å². The molecule has 3 nitrogen and oxygen atoms in total. The van der Waals surface area contributed by atoms with Gasteiger partial charge in [0.25, 0.3) is 0 Å². The van der Waals surface area contributed by atoms with Crippen LogP contribution < -0.4 is 0 Å². The lowest BCUT2D eigenvalue weighted by molar-refractivity contribution is -0.130. The number of carbonyl (C=O) groups is 2. The minimum absolute atomic E-state index is 0.0276. The molecule has 0 saturated heterocycles. The molecule has 0 aromatic carbocycles. The zero-order valence-electron chi connectivity index (χ0n) is 10.1. The number of ketones is 1. The standard InChI is InChI=1S/C12H22O3/c1-5-11(14)8(2)6-9(3)12(15)10(4)7-13/h7-11,14H,5-6H2,1-4H3/t8-,9-,10-,11-/m1/s1. The molecule has 0 saturated carbocycles. The lowest BCUT2D eigenvalue weighted by atomic mass is 9.86. The van der Waals surface area contributed by atoms with Crippen molar-refractivity contribution in [3.05, 3.63) is 0 Å². The van der Waals surface area contributed by atoms with E-state index >= 15 is 0 Å². The van der Waals surface area contributed by atoms with E-state index in [1.807, 2.05) is 20.8 Å². The van der Waals surface area contributed by atoms with Crippen molar-refractivity contribution in [2.24, 2.45) is 17.8 Å². The number of Topliss-reactive ketones (excluding diaryl/α,β-unsaturated/α-hetero) is 1. The van der Waals surface area contributed by atoms with Crippen LogP contribution in [0.25, 0.3) is 0 Å². The lowest BCUT2D eigenvalue weighted by Gasteiger charge is -2.21. The minimum Gasteiger partial charge on any atom is -0.393 e. The monoisotopic (exact) mass is 214 g/mol. The topological polar surface area (TPSA) is 54.4 Å². The highest BCUT2D eigenvalue weighted by Gasteiger charge is 2.23. The number of hydrogen-bond acceptors (Lipinski definition) is 3. The Morgan fingerprint density at radius 2 is 1.87 bits per heavy atom. The Balaban J connectivity index is 4.18. The van der Waals surface area contributed by atoms with E-state index in [0.29, 0.717) is 19.1 Å². The predicted molar refractivity (Wildman–Crippen MR) is 59.5 cm³/mol. The summed E-state index contributed by atoms with van der Waals surface area (Å²) < 4.78 is 0. The third-order valence-corrected chi connectivity index (χ3v) is 2.94. The molecule has 0 amide bonds. The maximum atomic E-state index is 11.6. The average molecular weight is 214 g/mol. The Morgan fingerprint density at radius 3 is 2.27 bits per heavy atom. The van der Waals surface area contributed by atoms with Gasteiger partial charge in [-0.25, -0.2) is 0 Å². The van der Waals surface area contributed by atoms with E-state index in [-0.39, 0.29) is 23.7 Å². The molecule has 0 aromatic heterocycles. The van der Waals surface area contributed by atoms with Crippen LogP contribution in [0.5, 0.6) is 0 Å². The van der Waals surface area contributed by atoms with Gasteiger partial charge < -0.3 is 9.90 Å². The van der Waals surface area contributed by atoms with Gasteiger partial charge in [-0.05, 0) is 25.7 Å². The van der Waals surface area contributed by atoms with Crippen molar-refractivity contribution < 1.29 is 14.7 Å². The minimum atomic E-state index is -0.522. The average Bonchev–Trinajstić information content (AvgIpc) is 2.25. The third kappa shape index (κ3) is 4.56. The quantitative estimate of drug-likeness (QED) is 0.519. The SMILES string of the molecule is CC[C@@H](O)[C@H](C)C[C@@H](C)C(=O)[C@H](C)C=O. The van der Waals surface area contributed by atoms with Crippen LogP contribution in [0, 0.1) is 17.8 Å². The highest BCUT2D eigenvalue weighted by molar-refractivity contribution is 5.94. The summed E-state index contributed by atoms with van der Waals surface area (Å²) in [6, 6.07) is 0. The van der Waals surface area contributed by atoms with Crippen molar-refractivity contribution in [1.82, 2.24) is 0 Å². The Hall–Kier alpha value is -0.700. The molecule has 4 atom stereocenters. The van der Waals surface area contributed by atoms with Gasteiger partial charge in [0, 0.05) is 5.92 Å². The van der Waals surface area contributed by atoms with Gasteiger partial charge in [-0.15, -0.1) is 0 Å². The largest absolute Gasteiger partial charge is 0.393 e. The highest BCUT2D eigenvalue weighted by Crippen LogP contribution is 2.19. The van der Waals surface area contributed by atoms with Crippen molar-refractivity contribution in [1.29, 1.82) is 0 Å². The van der Waals surface area contributed by atoms with E-state index in [0.717, 1.165) is 0 Å². The summed E-state index contributed by atoms with van der Waals surface area (Å²) >= 11 is 0. The zero-order chi connectivity index (χ0) is 12.0. The molecule has 15 heavy (non-hydrogen) atoms. The number of aliphatic hydroxyl groups excluding tert-OH is 1. The fraction of sp³-hybridized carbons (Fsp3) is 0.833. The molecule has 0 bridgehead atoms. The molecular formula is C12H22O3. The van der Waals surface area contributed by atoms with E-state index in [4.69, 9.17) is 0 Å². The smallest absolute Gasteiger partial charge is 0.145 e. The molecule has 0 aliphatic heterocycles. The summed E-state index contributed by atoms with van der Waals surface area (Å²) in [5.74, 6) is -0.597. The van der Waals surface area contributed by atoms with Crippen molar-refractivity contribution in [3.8, 4) is 0 Å². The number of aliphatic hydroxyl groups is 1. The van der Waals surface area contributed by atoms with Gasteiger partial charge >= 0.3 is 0 Å². The second-order valence-electron chi connectivity index (χ2n) is 4.42. The molecule has 0 spiro atoms. The van der Waals surface area contributed by atoms with E-state index < -0.39 is 5.92 Å². The first-order chi connectivity index (χ1) is 6.93. The summed E-state index contributed by atoms with van der Waals surface area (Å²) in [5, 5.41) is 9.57. The van der Waals surface area contributed by atoms with Crippen LogP contribution >= 0.6 is 0 Å². The van der Waals surface area contributed by atoms with Gasteiger partial charge in [0.05, 0.1) is 12.0 Å². The molecule has 3 heteroatoms. The fourth-order valence-electron chi connectivity index (χ4n) is 1.75. The van der Waals surface area contributed by atoms with Crippen LogP contribution in [0.4, 0.5) is 0 Å². The molecule has 0 unspecified atom stereocenters. The zero-order valence-corrected chi connectivity index (χ0v) is 10.1.